The Bertz CT molecular complexity index is 1390. The summed E-state index contributed by atoms with van der Waals surface area (Å²) in [5.41, 5.74) is 9.28. The molecule has 4 N–H and O–H groups in total. The van der Waals surface area contributed by atoms with Gasteiger partial charge in [0.25, 0.3) is 10.1 Å². The van der Waals surface area contributed by atoms with Crippen molar-refractivity contribution in [1.29, 1.82) is 0 Å². The van der Waals surface area contributed by atoms with E-state index in [2.05, 4.69) is 33.4 Å². The molecule has 1 aliphatic carbocycles. The van der Waals surface area contributed by atoms with E-state index in [-0.39, 0.29) is 17.9 Å². The summed E-state index contributed by atoms with van der Waals surface area (Å²) in [7, 11) is 0.0543. The van der Waals surface area contributed by atoms with Gasteiger partial charge in [-0.1, -0.05) is 6.42 Å². The molecule has 2 aliphatic rings. The molecule has 0 radical (unpaired) electrons. The van der Waals surface area contributed by atoms with Gasteiger partial charge < -0.3 is 20.7 Å². The number of pyridine rings is 1. The first-order chi connectivity index (χ1) is 17.5. The van der Waals surface area contributed by atoms with Crippen LogP contribution in [-0.4, -0.2) is 75.5 Å². The van der Waals surface area contributed by atoms with E-state index in [1.54, 1.807) is 19.5 Å². The Kier molecular flexibility index (Phi) is 7.90. The number of methoxy groups -OCH3 is 1. The molecule has 5 rings (SSSR count). The minimum Gasteiger partial charge on any atom is -0.480 e. The Morgan fingerprint density at radius 2 is 2.03 bits per heavy atom. The van der Waals surface area contributed by atoms with Gasteiger partial charge in [0, 0.05) is 31.6 Å². The highest BCUT2D eigenvalue weighted by Crippen LogP contribution is 2.34. The Hall–Kier alpha value is -3.36. The number of primary amides is 1. The Balaban J connectivity index is 0.000000586. The highest BCUT2D eigenvalue weighted by Gasteiger charge is 2.28. The minimum absolute atomic E-state index is 0.0944. The number of nitrogens with two attached hydrogens (primary N) is 1. The molecule has 3 aromatic heterocycles. The summed E-state index contributed by atoms with van der Waals surface area (Å²) in [6, 6.07) is 2.16. The molecule has 200 valence electrons. The van der Waals surface area contributed by atoms with Crippen LogP contribution in [0.25, 0.3) is 11.0 Å². The summed E-state index contributed by atoms with van der Waals surface area (Å²) in [6.07, 6.45) is 8.57. The first-order valence-corrected chi connectivity index (χ1v) is 13.8. The summed E-state index contributed by atoms with van der Waals surface area (Å²) in [4.78, 5) is 27.9. The number of aromatic nitrogens is 5. The summed E-state index contributed by atoms with van der Waals surface area (Å²) in [5, 5.41) is 8.69. The zero-order valence-corrected chi connectivity index (χ0v) is 21.9. The second-order valence-corrected chi connectivity index (χ2v) is 10.9. The van der Waals surface area contributed by atoms with Crippen molar-refractivity contribution in [3.8, 4) is 5.88 Å². The largest absolute Gasteiger partial charge is 0.480 e. The third kappa shape index (κ3) is 6.70. The highest BCUT2D eigenvalue weighted by atomic mass is 32.2. The number of carbonyl (C=O) groups excluding carboxylic acids is 1. The molecular weight excluding hydrogens is 500 g/mol. The number of ether oxygens (including phenoxy) is 1. The Labute approximate surface area is 215 Å². The number of likely N-dealkylation sites (N-methyl/N-ethyl adjacent to an activating group) is 1. The molecule has 0 spiro atoms. The fourth-order valence-corrected chi connectivity index (χ4v) is 4.77. The van der Waals surface area contributed by atoms with Gasteiger partial charge in [-0.05, 0) is 37.9 Å². The lowest BCUT2D eigenvalue weighted by molar-refractivity contribution is -0.123. The molecule has 4 heterocycles. The average Bonchev–Trinajstić information content (AvgIpc) is 3.26. The van der Waals surface area contributed by atoms with Crippen molar-refractivity contribution in [2.45, 2.75) is 44.7 Å². The molecule has 1 amide bonds. The topological polar surface area (TPSA) is 178 Å². The SMILES string of the molecule is COc1nc2c(cc1Nc1ncc3cnn([C@@H]4CCC[C@@H](C(N)=O)C4)c3n1)CN(C)CC2.CS(=O)(=O)O. The number of rotatable bonds is 5. The zero-order chi connectivity index (χ0) is 26.7. The van der Waals surface area contributed by atoms with Crippen LogP contribution in [0.1, 0.15) is 43.0 Å². The molecule has 0 bridgehead atoms. The van der Waals surface area contributed by atoms with E-state index >= 15 is 0 Å². The van der Waals surface area contributed by atoms with Crippen molar-refractivity contribution >= 4 is 38.7 Å². The molecule has 14 heteroatoms. The number of amides is 1. The van der Waals surface area contributed by atoms with E-state index < -0.39 is 10.1 Å². The van der Waals surface area contributed by atoms with Gasteiger partial charge in [-0.2, -0.15) is 18.5 Å². The quantitative estimate of drug-likeness (QED) is 0.407. The predicted molar refractivity (Wildman–Crippen MR) is 137 cm³/mol. The van der Waals surface area contributed by atoms with Crippen molar-refractivity contribution in [2.24, 2.45) is 11.7 Å². The molecule has 1 aliphatic heterocycles. The molecule has 0 unspecified atom stereocenters. The maximum Gasteiger partial charge on any atom is 0.261 e. The van der Waals surface area contributed by atoms with Gasteiger partial charge in [-0.15, -0.1) is 0 Å². The smallest absolute Gasteiger partial charge is 0.261 e. The van der Waals surface area contributed by atoms with Gasteiger partial charge in [0.2, 0.25) is 17.7 Å². The average molecular weight is 533 g/mol. The number of nitrogens with zero attached hydrogens (tertiary/aromatic N) is 6. The van der Waals surface area contributed by atoms with E-state index in [9.17, 15) is 13.2 Å². The number of hydrogen-bond acceptors (Lipinski definition) is 10. The van der Waals surface area contributed by atoms with Crippen molar-refractivity contribution < 1.29 is 22.5 Å². The van der Waals surface area contributed by atoms with Crippen LogP contribution in [0.15, 0.2) is 18.5 Å². The van der Waals surface area contributed by atoms with Crippen LogP contribution < -0.4 is 15.8 Å². The van der Waals surface area contributed by atoms with E-state index in [4.69, 9.17) is 25.0 Å². The number of fused-ring (bicyclic) bond motifs is 2. The van der Waals surface area contributed by atoms with Gasteiger partial charge in [0.05, 0.1) is 36.7 Å². The van der Waals surface area contributed by atoms with Crippen LogP contribution in [-0.2, 0) is 27.9 Å². The van der Waals surface area contributed by atoms with Crippen LogP contribution >= 0.6 is 0 Å². The van der Waals surface area contributed by atoms with Gasteiger partial charge in [-0.3, -0.25) is 9.35 Å². The van der Waals surface area contributed by atoms with Gasteiger partial charge in [-0.25, -0.2) is 14.6 Å². The molecule has 1 fully saturated rings. The van der Waals surface area contributed by atoms with Crippen molar-refractivity contribution in [1.82, 2.24) is 29.6 Å². The van der Waals surface area contributed by atoms with Gasteiger partial charge >= 0.3 is 0 Å². The molecule has 1 saturated carbocycles. The van der Waals surface area contributed by atoms with Crippen LogP contribution in [0, 0.1) is 5.92 Å². The number of nitrogens with one attached hydrogen (secondary N) is 1. The van der Waals surface area contributed by atoms with Crippen molar-refractivity contribution in [3.05, 3.63) is 29.7 Å². The third-order valence-corrected chi connectivity index (χ3v) is 6.50. The normalized spacial score (nSPS) is 20.0. The van der Waals surface area contributed by atoms with Crippen molar-refractivity contribution in [3.63, 3.8) is 0 Å². The van der Waals surface area contributed by atoms with Crippen LogP contribution in [0.2, 0.25) is 0 Å². The fourth-order valence-electron chi connectivity index (χ4n) is 4.77. The van der Waals surface area contributed by atoms with Gasteiger partial charge in [0.15, 0.2) is 5.65 Å². The number of carbonyl (C=O) groups is 1. The monoisotopic (exact) mass is 532 g/mol. The zero-order valence-electron chi connectivity index (χ0n) is 21.1. The maximum absolute atomic E-state index is 11.7. The Morgan fingerprint density at radius 1 is 1.27 bits per heavy atom. The first kappa shape index (κ1) is 26.7. The summed E-state index contributed by atoms with van der Waals surface area (Å²) in [5.74, 6) is 0.630. The van der Waals surface area contributed by atoms with Gasteiger partial charge in [0.1, 0.15) is 5.69 Å². The molecule has 0 saturated heterocycles. The predicted octanol–water partition coefficient (Wildman–Crippen LogP) is 1.68. The maximum atomic E-state index is 11.7. The first-order valence-electron chi connectivity index (χ1n) is 12.0. The number of anilines is 2. The fraction of sp³-hybridized carbons (Fsp3) is 0.522. The molecular formula is C23H32N8O5S. The number of hydrogen-bond donors (Lipinski definition) is 3. The summed E-state index contributed by atoms with van der Waals surface area (Å²) < 4.78 is 33.3. The van der Waals surface area contributed by atoms with Crippen LogP contribution in [0.5, 0.6) is 5.88 Å². The Morgan fingerprint density at radius 3 is 2.73 bits per heavy atom. The molecule has 2 atom stereocenters. The van der Waals surface area contributed by atoms with E-state index in [1.807, 2.05) is 4.68 Å². The minimum atomic E-state index is -3.67. The lowest BCUT2D eigenvalue weighted by atomic mass is 9.85. The summed E-state index contributed by atoms with van der Waals surface area (Å²) >= 11 is 0. The van der Waals surface area contributed by atoms with Crippen LogP contribution in [0.3, 0.4) is 0 Å². The van der Waals surface area contributed by atoms with E-state index in [0.29, 0.717) is 24.5 Å². The van der Waals surface area contributed by atoms with Crippen LogP contribution in [0.4, 0.5) is 11.6 Å². The third-order valence-electron chi connectivity index (χ3n) is 6.50. The lowest BCUT2D eigenvalue weighted by Gasteiger charge is -2.27. The van der Waals surface area contributed by atoms with E-state index in [0.717, 1.165) is 61.2 Å². The lowest BCUT2D eigenvalue weighted by Crippen LogP contribution is -2.30. The molecule has 13 nitrogen and oxygen atoms in total. The standard InChI is InChI=1S/C22H28N8O2.CH4O3S/c1-29-7-6-17-14(12-29)9-18(21(26-17)32-2)27-22-24-10-15-11-25-30(20(15)28-22)16-5-3-4-13(8-16)19(23)31;1-5(2,3)4/h9-11,13,16H,3-8,12H2,1-2H3,(H2,23,31)(H,24,27,28);1H3,(H,2,3,4)/t13-,16-;/m1./s1. The van der Waals surface area contributed by atoms with Crippen molar-refractivity contribution in [2.75, 3.05) is 32.3 Å². The highest BCUT2D eigenvalue weighted by molar-refractivity contribution is 7.85. The summed E-state index contributed by atoms with van der Waals surface area (Å²) in [6.45, 7) is 1.83. The molecule has 37 heavy (non-hydrogen) atoms. The molecule has 3 aromatic rings. The second-order valence-electron chi connectivity index (χ2n) is 9.48. The van der Waals surface area contributed by atoms with E-state index in [1.165, 1.54) is 5.56 Å². The second kappa shape index (κ2) is 10.9. The molecule has 0 aromatic carbocycles.